The van der Waals surface area contributed by atoms with Crippen molar-refractivity contribution in [2.75, 3.05) is 17.7 Å². The molecule has 0 aliphatic carbocycles. The fraction of sp³-hybridized carbons (Fsp3) is 0.467. The Morgan fingerprint density at radius 2 is 2.42 bits per heavy atom. The molecule has 1 saturated heterocycles. The second kappa shape index (κ2) is 7.71. The first-order valence-corrected chi connectivity index (χ1v) is 8.67. The van der Waals surface area contributed by atoms with Crippen molar-refractivity contribution in [1.29, 1.82) is 0 Å². The van der Waals surface area contributed by atoms with Gasteiger partial charge in [0.1, 0.15) is 5.82 Å². The van der Waals surface area contributed by atoms with Gasteiger partial charge in [-0.15, -0.1) is 5.10 Å². The van der Waals surface area contributed by atoms with Crippen molar-refractivity contribution < 1.29 is 13.9 Å². The summed E-state index contributed by atoms with van der Waals surface area (Å²) in [6, 6.07) is 4.29. The van der Waals surface area contributed by atoms with E-state index in [4.69, 9.17) is 4.74 Å². The number of carbonyl (C=O) groups is 1. The van der Waals surface area contributed by atoms with Crippen LogP contribution in [0.25, 0.3) is 0 Å². The molecule has 7 nitrogen and oxygen atoms in total. The average Bonchev–Trinajstić information content (AvgIpc) is 3.21. The predicted molar refractivity (Wildman–Crippen MR) is 87.3 cm³/mol. The summed E-state index contributed by atoms with van der Waals surface area (Å²) in [5.41, 5.74) is 1.28. The number of hydrogen-bond donors (Lipinski definition) is 1. The number of nitrogens with zero attached hydrogens (tertiary/aromatic N) is 4. The Morgan fingerprint density at radius 1 is 1.54 bits per heavy atom. The number of tetrazole rings is 1. The molecule has 0 unspecified atom stereocenters. The summed E-state index contributed by atoms with van der Waals surface area (Å²) in [5.74, 6) is -0.480. The third-order valence-corrected chi connectivity index (χ3v) is 4.66. The number of nitrogens with one attached hydrogen (secondary N) is 1. The number of thioether (sulfide) groups is 1. The van der Waals surface area contributed by atoms with E-state index in [1.807, 2.05) is 6.92 Å². The predicted octanol–water partition coefficient (Wildman–Crippen LogP) is 2.03. The lowest BCUT2D eigenvalue weighted by Gasteiger charge is -2.10. The van der Waals surface area contributed by atoms with E-state index in [2.05, 4.69) is 20.8 Å². The van der Waals surface area contributed by atoms with Crippen LogP contribution in [-0.4, -0.2) is 44.6 Å². The van der Waals surface area contributed by atoms with Crippen LogP contribution in [0.15, 0.2) is 23.4 Å². The Bertz CT molecular complexity index is 718. The summed E-state index contributed by atoms with van der Waals surface area (Å²) >= 11 is 1.24. The van der Waals surface area contributed by atoms with E-state index in [1.54, 1.807) is 10.7 Å². The van der Waals surface area contributed by atoms with E-state index in [-0.39, 0.29) is 23.6 Å². The standard InChI is InChI=1S/C15H18FN5O2S/c1-10-4-5-11(16)7-13(10)17-14(22)9-24-15-18-19-20-21(15)8-12-3-2-6-23-12/h4-5,7,12H,2-3,6,8-9H2,1H3,(H,17,22)/t12-/m0/s1. The average molecular weight is 351 g/mol. The summed E-state index contributed by atoms with van der Waals surface area (Å²) in [4.78, 5) is 12.1. The van der Waals surface area contributed by atoms with Crippen molar-refractivity contribution >= 4 is 23.4 Å². The van der Waals surface area contributed by atoms with Gasteiger partial charge in [-0.25, -0.2) is 9.07 Å². The molecule has 1 aromatic heterocycles. The van der Waals surface area contributed by atoms with Crippen LogP contribution in [0, 0.1) is 12.7 Å². The topological polar surface area (TPSA) is 81.9 Å². The van der Waals surface area contributed by atoms with Crippen molar-refractivity contribution in [3.05, 3.63) is 29.6 Å². The molecule has 24 heavy (non-hydrogen) atoms. The number of anilines is 1. The van der Waals surface area contributed by atoms with Gasteiger partial charge in [0.15, 0.2) is 0 Å². The van der Waals surface area contributed by atoms with E-state index < -0.39 is 0 Å². The van der Waals surface area contributed by atoms with Crippen molar-refractivity contribution in [3.8, 4) is 0 Å². The van der Waals surface area contributed by atoms with Crippen molar-refractivity contribution in [2.24, 2.45) is 0 Å². The fourth-order valence-electron chi connectivity index (χ4n) is 2.44. The SMILES string of the molecule is Cc1ccc(F)cc1NC(=O)CSc1nnnn1C[C@@H]1CCCO1. The van der Waals surface area contributed by atoms with Gasteiger partial charge in [0, 0.05) is 12.3 Å². The van der Waals surface area contributed by atoms with Crippen LogP contribution in [0.5, 0.6) is 0 Å². The lowest BCUT2D eigenvalue weighted by atomic mass is 10.2. The Labute approximate surface area is 142 Å². The van der Waals surface area contributed by atoms with Gasteiger partial charge >= 0.3 is 0 Å². The molecular formula is C15H18FN5O2S. The van der Waals surface area contributed by atoms with E-state index in [9.17, 15) is 9.18 Å². The number of rotatable bonds is 6. The molecule has 3 rings (SSSR count). The third kappa shape index (κ3) is 4.30. The minimum Gasteiger partial charge on any atom is -0.376 e. The second-order valence-electron chi connectivity index (χ2n) is 5.57. The molecule has 1 aliphatic rings. The zero-order chi connectivity index (χ0) is 16.9. The van der Waals surface area contributed by atoms with Crippen LogP contribution in [-0.2, 0) is 16.1 Å². The first kappa shape index (κ1) is 16.8. The minimum atomic E-state index is -0.385. The molecular weight excluding hydrogens is 333 g/mol. The van der Waals surface area contributed by atoms with Gasteiger partial charge in [-0.2, -0.15) is 0 Å². The molecule has 128 valence electrons. The molecule has 2 aromatic rings. The molecule has 0 saturated carbocycles. The maximum atomic E-state index is 13.3. The number of halogens is 1. The van der Waals surface area contributed by atoms with Crippen LogP contribution < -0.4 is 5.32 Å². The van der Waals surface area contributed by atoms with Gasteiger partial charge in [-0.05, 0) is 47.9 Å². The molecule has 1 aromatic carbocycles. The lowest BCUT2D eigenvalue weighted by molar-refractivity contribution is -0.113. The van der Waals surface area contributed by atoms with Gasteiger partial charge in [0.2, 0.25) is 11.1 Å². The van der Waals surface area contributed by atoms with Gasteiger partial charge in [-0.3, -0.25) is 4.79 Å². The zero-order valence-corrected chi connectivity index (χ0v) is 14.1. The number of ether oxygens (including phenoxy) is 1. The van der Waals surface area contributed by atoms with Gasteiger partial charge in [-0.1, -0.05) is 17.8 Å². The highest BCUT2D eigenvalue weighted by Gasteiger charge is 2.19. The van der Waals surface area contributed by atoms with E-state index in [1.165, 1.54) is 23.9 Å². The molecule has 1 amide bonds. The second-order valence-corrected chi connectivity index (χ2v) is 6.52. The lowest BCUT2D eigenvalue weighted by Crippen LogP contribution is -2.18. The van der Waals surface area contributed by atoms with Gasteiger partial charge < -0.3 is 10.1 Å². The largest absolute Gasteiger partial charge is 0.376 e. The Balaban J connectivity index is 1.54. The van der Waals surface area contributed by atoms with Crippen molar-refractivity contribution in [3.63, 3.8) is 0 Å². The molecule has 9 heteroatoms. The fourth-order valence-corrected chi connectivity index (χ4v) is 3.13. The Hall–Kier alpha value is -2.00. The molecule has 1 aliphatic heterocycles. The first-order valence-electron chi connectivity index (χ1n) is 7.68. The third-order valence-electron chi connectivity index (χ3n) is 3.71. The van der Waals surface area contributed by atoms with Crippen LogP contribution >= 0.6 is 11.8 Å². The van der Waals surface area contributed by atoms with E-state index >= 15 is 0 Å². The summed E-state index contributed by atoms with van der Waals surface area (Å²) < 4.78 is 20.5. The molecule has 0 bridgehead atoms. The molecule has 0 spiro atoms. The highest BCUT2D eigenvalue weighted by molar-refractivity contribution is 7.99. The van der Waals surface area contributed by atoms with Crippen LogP contribution in [0.4, 0.5) is 10.1 Å². The Morgan fingerprint density at radius 3 is 3.21 bits per heavy atom. The molecule has 1 atom stereocenters. The van der Waals surface area contributed by atoms with Crippen LogP contribution in [0.2, 0.25) is 0 Å². The van der Waals surface area contributed by atoms with E-state index in [0.717, 1.165) is 25.0 Å². The number of carbonyl (C=O) groups excluding carboxylic acids is 1. The quantitative estimate of drug-likeness (QED) is 0.802. The zero-order valence-electron chi connectivity index (χ0n) is 13.2. The van der Waals surface area contributed by atoms with Crippen LogP contribution in [0.3, 0.4) is 0 Å². The summed E-state index contributed by atoms with van der Waals surface area (Å²) in [7, 11) is 0. The molecule has 1 N–H and O–H groups in total. The van der Waals surface area contributed by atoms with Crippen molar-refractivity contribution in [2.45, 2.75) is 37.6 Å². The number of aromatic nitrogens is 4. The van der Waals surface area contributed by atoms with Gasteiger partial charge in [0.05, 0.1) is 18.4 Å². The summed E-state index contributed by atoms with van der Waals surface area (Å²) in [6.45, 7) is 3.16. The molecule has 0 radical (unpaired) electrons. The maximum absolute atomic E-state index is 13.3. The summed E-state index contributed by atoms with van der Waals surface area (Å²) in [5, 5.41) is 14.8. The number of hydrogen-bond acceptors (Lipinski definition) is 6. The van der Waals surface area contributed by atoms with Crippen LogP contribution in [0.1, 0.15) is 18.4 Å². The first-order chi connectivity index (χ1) is 11.6. The van der Waals surface area contributed by atoms with E-state index in [0.29, 0.717) is 17.4 Å². The number of benzene rings is 1. The van der Waals surface area contributed by atoms with Crippen molar-refractivity contribution in [1.82, 2.24) is 20.2 Å². The number of aryl methyl sites for hydroxylation is 1. The highest BCUT2D eigenvalue weighted by atomic mass is 32.2. The maximum Gasteiger partial charge on any atom is 0.234 e. The molecule has 2 heterocycles. The normalized spacial score (nSPS) is 17.2. The smallest absolute Gasteiger partial charge is 0.234 e. The van der Waals surface area contributed by atoms with Gasteiger partial charge in [0.25, 0.3) is 0 Å². The highest BCUT2D eigenvalue weighted by Crippen LogP contribution is 2.20. The number of amides is 1. The monoisotopic (exact) mass is 351 g/mol. The Kier molecular flexibility index (Phi) is 5.41. The molecule has 1 fully saturated rings. The summed E-state index contributed by atoms with van der Waals surface area (Å²) in [6.07, 6.45) is 2.16. The minimum absolute atomic E-state index is 0.122.